The van der Waals surface area contributed by atoms with E-state index in [-0.39, 0.29) is 26.4 Å². The fraction of sp³-hybridized carbons (Fsp3) is 0.500. The van der Waals surface area contributed by atoms with E-state index in [1.165, 1.54) is 6.92 Å². The summed E-state index contributed by atoms with van der Waals surface area (Å²) in [5.41, 5.74) is -1.24. The van der Waals surface area contributed by atoms with Crippen LogP contribution in [0.4, 0.5) is 9.18 Å². The molecular weight excluding hydrogens is 313 g/mol. The fourth-order valence-corrected chi connectivity index (χ4v) is 1.22. The molecule has 0 bridgehead atoms. The molecule has 1 amide bonds. The van der Waals surface area contributed by atoms with E-state index in [0.717, 1.165) is 12.2 Å². The van der Waals surface area contributed by atoms with E-state index in [2.05, 4.69) is 23.2 Å². The smallest absolute Gasteiger partial charge is 0.407 e. The Bertz CT molecular complexity index is 415. The molecule has 0 spiro atoms. The summed E-state index contributed by atoms with van der Waals surface area (Å²) in [6.45, 7) is 6.08. The molecule has 0 atom stereocenters. The largest absolute Gasteiger partial charge is 0.460 e. The van der Waals surface area contributed by atoms with Crippen LogP contribution in [-0.4, -0.2) is 56.9 Å². The van der Waals surface area contributed by atoms with Crippen molar-refractivity contribution >= 4 is 18.0 Å². The van der Waals surface area contributed by atoms with Crippen LogP contribution in [0.2, 0.25) is 0 Å². The Morgan fingerprint density at radius 2 is 1.57 bits per heavy atom. The van der Waals surface area contributed by atoms with Crippen LogP contribution in [0.5, 0.6) is 0 Å². The Morgan fingerprint density at radius 1 is 1.04 bits per heavy atom. The molecule has 0 aromatic carbocycles. The minimum absolute atomic E-state index is 0.114. The predicted octanol–water partition coefficient (Wildman–Crippen LogP) is 0.873. The zero-order chi connectivity index (χ0) is 17.7. The number of ether oxygens (including phenoxy) is 4. The van der Waals surface area contributed by atoms with E-state index < -0.39 is 30.4 Å². The van der Waals surface area contributed by atoms with E-state index in [9.17, 15) is 18.8 Å². The first kappa shape index (κ1) is 20.6. The van der Waals surface area contributed by atoms with Gasteiger partial charge in [0.1, 0.15) is 25.4 Å². The maximum atomic E-state index is 11.7. The number of rotatable bonds is 11. The number of carbonyl (C=O) groups is 3. The van der Waals surface area contributed by atoms with E-state index >= 15 is 0 Å². The van der Waals surface area contributed by atoms with Crippen molar-refractivity contribution in [2.45, 2.75) is 12.5 Å². The summed E-state index contributed by atoms with van der Waals surface area (Å²) in [4.78, 5) is 33.9. The summed E-state index contributed by atoms with van der Waals surface area (Å²) in [7, 11) is 0. The molecule has 0 aliphatic carbocycles. The van der Waals surface area contributed by atoms with E-state index in [0.29, 0.717) is 0 Å². The van der Waals surface area contributed by atoms with Gasteiger partial charge in [0.2, 0.25) is 0 Å². The molecule has 0 fully saturated rings. The minimum Gasteiger partial charge on any atom is -0.460 e. The van der Waals surface area contributed by atoms with Gasteiger partial charge in [-0.05, 0) is 6.92 Å². The monoisotopic (exact) mass is 333 g/mol. The number of halogens is 1. The SMILES string of the molecule is C=CC(=O)OCC(C)(COC(=O)C=C)NC(=O)OCCOCF. The van der Waals surface area contributed by atoms with Crippen molar-refractivity contribution in [3.05, 3.63) is 25.3 Å². The molecule has 8 nitrogen and oxygen atoms in total. The molecule has 23 heavy (non-hydrogen) atoms. The third-order valence-corrected chi connectivity index (χ3v) is 2.34. The molecule has 0 aromatic heterocycles. The fourth-order valence-electron chi connectivity index (χ4n) is 1.22. The standard InChI is InChI=1S/C14H20FNO7/c1-4-11(17)22-8-14(3,9-23-12(18)5-2)16-13(19)21-7-6-20-10-15/h4-5H,1-2,6-10H2,3H3,(H,16,19). The number of alkyl carbamates (subject to hydrolysis) is 1. The van der Waals surface area contributed by atoms with Gasteiger partial charge in [-0.25, -0.2) is 18.8 Å². The van der Waals surface area contributed by atoms with Crippen LogP contribution in [0.1, 0.15) is 6.92 Å². The molecule has 9 heteroatoms. The van der Waals surface area contributed by atoms with Crippen molar-refractivity contribution in [2.24, 2.45) is 0 Å². The highest BCUT2D eigenvalue weighted by Crippen LogP contribution is 2.07. The molecule has 0 aromatic rings. The third-order valence-electron chi connectivity index (χ3n) is 2.34. The summed E-state index contributed by atoms with van der Waals surface area (Å²) in [6, 6.07) is 0. The number of amides is 1. The highest BCUT2D eigenvalue weighted by molar-refractivity contribution is 5.81. The first-order valence-corrected chi connectivity index (χ1v) is 6.54. The molecule has 0 unspecified atom stereocenters. The lowest BCUT2D eigenvalue weighted by atomic mass is 10.1. The van der Waals surface area contributed by atoms with Gasteiger partial charge < -0.3 is 24.3 Å². The summed E-state index contributed by atoms with van der Waals surface area (Å²) in [5, 5.41) is 2.40. The van der Waals surface area contributed by atoms with E-state index in [1.807, 2.05) is 0 Å². The normalized spacial score (nSPS) is 10.3. The summed E-state index contributed by atoms with van der Waals surface area (Å²) < 4.78 is 30.5. The Labute approximate surface area is 133 Å². The van der Waals surface area contributed by atoms with Gasteiger partial charge in [0, 0.05) is 12.2 Å². The number of hydrogen-bond donors (Lipinski definition) is 1. The molecule has 0 aliphatic heterocycles. The van der Waals surface area contributed by atoms with E-state index in [1.54, 1.807) is 0 Å². The minimum atomic E-state index is -1.24. The quantitative estimate of drug-likeness (QED) is 0.259. The molecule has 0 rings (SSSR count). The van der Waals surface area contributed by atoms with Crippen molar-refractivity contribution < 1.29 is 37.7 Å². The molecule has 0 heterocycles. The van der Waals surface area contributed by atoms with Crippen molar-refractivity contribution in [1.82, 2.24) is 5.32 Å². The molecule has 1 N–H and O–H groups in total. The lowest BCUT2D eigenvalue weighted by Gasteiger charge is -2.28. The topological polar surface area (TPSA) is 100 Å². The molecule has 0 aliphatic rings. The van der Waals surface area contributed by atoms with Gasteiger partial charge >= 0.3 is 18.0 Å². The van der Waals surface area contributed by atoms with Gasteiger partial charge in [-0.2, -0.15) is 0 Å². The van der Waals surface area contributed by atoms with Gasteiger partial charge in [-0.15, -0.1) is 0 Å². The van der Waals surface area contributed by atoms with Crippen molar-refractivity contribution in [3.63, 3.8) is 0 Å². The third kappa shape index (κ3) is 10.0. The molecule has 0 saturated carbocycles. The number of alkyl halides is 1. The number of carbonyl (C=O) groups excluding carboxylic acids is 3. The van der Waals surface area contributed by atoms with Crippen molar-refractivity contribution in [3.8, 4) is 0 Å². The average Bonchev–Trinajstić information content (AvgIpc) is 2.54. The van der Waals surface area contributed by atoms with Crippen molar-refractivity contribution in [1.29, 1.82) is 0 Å². The lowest BCUT2D eigenvalue weighted by Crippen LogP contribution is -2.53. The van der Waals surface area contributed by atoms with Gasteiger partial charge in [-0.1, -0.05) is 13.2 Å². The first-order valence-electron chi connectivity index (χ1n) is 6.54. The Hall–Kier alpha value is -2.42. The molecule has 130 valence electrons. The number of hydrogen-bond acceptors (Lipinski definition) is 7. The molecular formula is C14H20FNO7. The predicted molar refractivity (Wildman–Crippen MR) is 77.1 cm³/mol. The van der Waals surface area contributed by atoms with Crippen molar-refractivity contribution in [2.75, 3.05) is 33.3 Å². The van der Waals surface area contributed by atoms with Crippen LogP contribution in [0.25, 0.3) is 0 Å². The van der Waals surface area contributed by atoms with Gasteiger partial charge in [0.15, 0.2) is 6.86 Å². The Morgan fingerprint density at radius 3 is 2.00 bits per heavy atom. The molecule has 0 saturated heterocycles. The average molecular weight is 333 g/mol. The second-order valence-corrected chi connectivity index (χ2v) is 4.46. The van der Waals surface area contributed by atoms with Crippen LogP contribution in [0.3, 0.4) is 0 Å². The first-order chi connectivity index (χ1) is 10.9. The second-order valence-electron chi connectivity index (χ2n) is 4.46. The molecule has 0 radical (unpaired) electrons. The summed E-state index contributed by atoms with van der Waals surface area (Å²) in [5.74, 6) is -1.42. The zero-order valence-corrected chi connectivity index (χ0v) is 12.8. The van der Waals surface area contributed by atoms with E-state index in [4.69, 9.17) is 14.2 Å². The van der Waals surface area contributed by atoms with Crippen LogP contribution < -0.4 is 5.32 Å². The Kier molecular flexibility index (Phi) is 10.0. The van der Waals surface area contributed by atoms with Gasteiger partial charge in [-0.3, -0.25) is 0 Å². The maximum Gasteiger partial charge on any atom is 0.407 e. The zero-order valence-electron chi connectivity index (χ0n) is 12.8. The highest BCUT2D eigenvalue weighted by Gasteiger charge is 2.30. The highest BCUT2D eigenvalue weighted by atomic mass is 19.1. The number of nitrogens with one attached hydrogen (secondary N) is 1. The lowest BCUT2D eigenvalue weighted by molar-refractivity contribution is -0.144. The Balaban J connectivity index is 4.58. The van der Waals surface area contributed by atoms with Gasteiger partial charge in [0.25, 0.3) is 0 Å². The second kappa shape index (κ2) is 11.2. The van der Waals surface area contributed by atoms with Crippen LogP contribution >= 0.6 is 0 Å². The summed E-state index contributed by atoms with van der Waals surface area (Å²) in [6.07, 6.45) is 1.02. The van der Waals surface area contributed by atoms with Crippen LogP contribution in [0, 0.1) is 0 Å². The van der Waals surface area contributed by atoms with Crippen LogP contribution in [0.15, 0.2) is 25.3 Å². The van der Waals surface area contributed by atoms with Gasteiger partial charge in [0.05, 0.1) is 6.61 Å². The number of esters is 2. The summed E-state index contributed by atoms with van der Waals surface area (Å²) >= 11 is 0. The van der Waals surface area contributed by atoms with Crippen LogP contribution in [-0.2, 0) is 28.5 Å². The maximum absolute atomic E-state index is 11.7.